The number of H-pyrrole nitrogens is 1. The van der Waals surface area contributed by atoms with Crippen molar-refractivity contribution in [3.63, 3.8) is 0 Å². The van der Waals surface area contributed by atoms with E-state index in [9.17, 15) is 9.90 Å². The Bertz CT molecular complexity index is 1370. The fourth-order valence-electron chi connectivity index (χ4n) is 3.92. The molecule has 0 aliphatic heterocycles. The van der Waals surface area contributed by atoms with Gasteiger partial charge >= 0.3 is 5.97 Å². The molecule has 188 valence electrons. The number of benzene rings is 3. The molecule has 0 spiro atoms. The molecule has 4 aromatic rings. The fourth-order valence-corrected chi connectivity index (χ4v) is 4.67. The molecule has 6 nitrogen and oxygen atoms in total. The van der Waals surface area contributed by atoms with E-state index in [1.165, 1.54) is 0 Å². The lowest BCUT2D eigenvalue weighted by atomic mass is 10.0. The van der Waals surface area contributed by atoms with E-state index in [-0.39, 0.29) is 13.2 Å². The van der Waals surface area contributed by atoms with E-state index < -0.39 is 12.0 Å². The van der Waals surface area contributed by atoms with Gasteiger partial charge in [-0.25, -0.2) is 0 Å². The average Bonchev–Trinajstić information content (AvgIpc) is 3.25. The van der Waals surface area contributed by atoms with Gasteiger partial charge < -0.3 is 24.9 Å². The summed E-state index contributed by atoms with van der Waals surface area (Å²) in [6, 6.07) is 15.7. The highest BCUT2D eigenvalue weighted by Gasteiger charge is 2.20. The highest BCUT2D eigenvalue weighted by atomic mass is 35.5. The Kier molecular flexibility index (Phi) is 8.64. The number of aliphatic carboxylic acids is 1. The van der Waals surface area contributed by atoms with Crippen molar-refractivity contribution in [2.24, 2.45) is 0 Å². The maximum atomic E-state index is 12.0. The first kappa shape index (κ1) is 26.2. The summed E-state index contributed by atoms with van der Waals surface area (Å²) in [5.74, 6) is -0.0755. The van der Waals surface area contributed by atoms with Gasteiger partial charge in [0, 0.05) is 45.7 Å². The van der Waals surface area contributed by atoms with Crippen LogP contribution in [0.25, 0.3) is 10.9 Å². The van der Waals surface area contributed by atoms with Gasteiger partial charge in [0.1, 0.15) is 12.6 Å². The van der Waals surface area contributed by atoms with E-state index in [1.54, 1.807) is 30.3 Å². The summed E-state index contributed by atoms with van der Waals surface area (Å²) in [6.07, 6.45) is 2.18. The topological polar surface area (TPSA) is 83.6 Å². The maximum absolute atomic E-state index is 12.0. The monoisotopic (exact) mass is 546 g/mol. The molecule has 1 atom stereocenters. The highest BCUT2D eigenvalue weighted by Crippen LogP contribution is 2.38. The van der Waals surface area contributed by atoms with Crippen molar-refractivity contribution in [1.29, 1.82) is 0 Å². The Balaban J connectivity index is 1.48. The summed E-state index contributed by atoms with van der Waals surface area (Å²) in [5.41, 5.74) is 3.43. The van der Waals surface area contributed by atoms with Crippen LogP contribution < -0.4 is 14.8 Å². The number of ether oxygens (including phenoxy) is 2. The van der Waals surface area contributed by atoms with Crippen LogP contribution in [0.4, 0.5) is 0 Å². The van der Waals surface area contributed by atoms with Crippen LogP contribution in [0.15, 0.2) is 60.8 Å². The number of hydrogen-bond donors (Lipinski definition) is 3. The third kappa shape index (κ3) is 6.26. The predicted octanol–water partition coefficient (Wildman–Crippen LogP) is 6.89. The highest BCUT2D eigenvalue weighted by molar-refractivity contribution is 6.35. The number of rotatable bonds is 11. The van der Waals surface area contributed by atoms with Crippen LogP contribution in [0.5, 0.6) is 11.5 Å². The normalized spacial score (nSPS) is 12.0. The fraction of sp³-hybridized carbons (Fsp3) is 0.222. The molecule has 0 fully saturated rings. The van der Waals surface area contributed by atoms with E-state index in [1.807, 2.05) is 37.4 Å². The summed E-state index contributed by atoms with van der Waals surface area (Å²) in [4.78, 5) is 15.2. The van der Waals surface area contributed by atoms with Gasteiger partial charge in [0.25, 0.3) is 0 Å². The Morgan fingerprint density at radius 2 is 1.83 bits per heavy atom. The minimum Gasteiger partial charge on any atom is -0.490 e. The Hall–Kier alpha value is -2.90. The van der Waals surface area contributed by atoms with Gasteiger partial charge in [-0.05, 0) is 48.4 Å². The second-order valence-corrected chi connectivity index (χ2v) is 9.45. The number of aromatic nitrogens is 1. The molecule has 3 aromatic carbocycles. The molecule has 9 heteroatoms. The summed E-state index contributed by atoms with van der Waals surface area (Å²) < 4.78 is 11.7. The smallest absolute Gasteiger partial charge is 0.321 e. The SMILES string of the molecule is CCOc1cc(CNC(Cc2c[nH]c3ccccc23)C(=O)O)cc(Cl)c1OCc1ccc(Cl)cc1Cl. The maximum Gasteiger partial charge on any atom is 0.321 e. The van der Waals surface area contributed by atoms with Crippen LogP contribution in [-0.4, -0.2) is 28.7 Å². The second-order valence-electron chi connectivity index (χ2n) is 8.20. The molecule has 0 aliphatic carbocycles. The summed E-state index contributed by atoms with van der Waals surface area (Å²) >= 11 is 18.8. The van der Waals surface area contributed by atoms with Crippen molar-refractivity contribution < 1.29 is 19.4 Å². The Morgan fingerprint density at radius 1 is 1.03 bits per heavy atom. The van der Waals surface area contributed by atoms with Crippen LogP contribution in [0.2, 0.25) is 15.1 Å². The summed E-state index contributed by atoms with van der Waals surface area (Å²) in [7, 11) is 0. The molecular weight excluding hydrogens is 523 g/mol. The van der Waals surface area contributed by atoms with Crippen molar-refractivity contribution in [2.75, 3.05) is 6.61 Å². The van der Waals surface area contributed by atoms with Crippen molar-refractivity contribution in [2.45, 2.75) is 32.5 Å². The van der Waals surface area contributed by atoms with E-state index in [0.29, 0.717) is 39.6 Å². The van der Waals surface area contributed by atoms with Crippen molar-refractivity contribution in [1.82, 2.24) is 10.3 Å². The number of carbonyl (C=O) groups is 1. The van der Waals surface area contributed by atoms with Crippen LogP contribution in [0.1, 0.15) is 23.6 Å². The quantitative estimate of drug-likeness (QED) is 0.190. The molecule has 1 unspecified atom stereocenters. The van der Waals surface area contributed by atoms with Gasteiger partial charge in [0.05, 0.1) is 11.6 Å². The van der Waals surface area contributed by atoms with Gasteiger partial charge in [0.15, 0.2) is 11.5 Å². The molecular formula is C27H25Cl3N2O4. The Labute approximate surface area is 224 Å². The minimum absolute atomic E-state index is 0.180. The van der Waals surface area contributed by atoms with Crippen molar-refractivity contribution in [3.05, 3.63) is 92.6 Å². The predicted molar refractivity (Wildman–Crippen MR) is 144 cm³/mol. The standard InChI is InChI=1S/C27H25Cl3N2O4/c1-2-35-25-10-16(9-22(30)26(25)36-15-17-7-8-19(28)12-21(17)29)13-31-24(27(33)34)11-18-14-32-23-6-4-3-5-20(18)23/h3-10,12,14,24,31-32H,2,11,13,15H2,1H3,(H,33,34). The third-order valence-electron chi connectivity index (χ3n) is 5.71. The van der Waals surface area contributed by atoms with Gasteiger partial charge in [-0.15, -0.1) is 0 Å². The lowest BCUT2D eigenvalue weighted by Gasteiger charge is -2.18. The molecule has 0 amide bonds. The molecule has 0 aliphatic rings. The zero-order chi connectivity index (χ0) is 25.7. The zero-order valence-corrected chi connectivity index (χ0v) is 21.8. The summed E-state index contributed by atoms with van der Waals surface area (Å²) in [5, 5.41) is 15.3. The molecule has 0 saturated carbocycles. The number of aromatic amines is 1. The first-order valence-corrected chi connectivity index (χ1v) is 12.5. The van der Waals surface area contributed by atoms with Gasteiger partial charge in [-0.3, -0.25) is 4.79 Å². The average molecular weight is 548 g/mol. The molecule has 0 radical (unpaired) electrons. The summed E-state index contributed by atoms with van der Waals surface area (Å²) in [6.45, 7) is 2.73. The molecule has 1 heterocycles. The van der Waals surface area contributed by atoms with Crippen molar-refractivity contribution in [3.8, 4) is 11.5 Å². The number of hydrogen-bond acceptors (Lipinski definition) is 4. The molecule has 1 aromatic heterocycles. The number of nitrogens with one attached hydrogen (secondary N) is 2. The number of carboxylic acids is 1. The van der Waals surface area contributed by atoms with Gasteiger partial charge in [-0.1, -0.05) is 59.1 Å². The molecule has 4 rings (SSSR count). The molecule has 0 saturated heterocycles. The number of fused-ring (bicyclic) bond motifs is 1. The number of halogens is 3. The number of carboxylic acid groups (broad SMARTS) is 1. The van der Waals surface area contributed by atoms with Gasteiger partial charge in [0.2, 0.25) is 0 Å². The van der Waals surface area contributed by atoms with Crippen LogP contribution in [-0.2, 0) is 24.4 Å². The van der Waals surface area contributed by atoms with Crippen molar-refractivity contribution >= 4 is 51.7 Å². The van der Waals surface area contributed by atoms with E-state index in [2.05, 4.69) is 10.3 Å². The Morgan fingerprint density at radius 3 is 2.58 bits per heavy atom. The number of para-hydroxylation sites is 1. The first-order valence-electron chi connectivity index (χ1n) is 11.4. The molecule has 36 heavy (non-hydrogen) atoms. The van der Waals surface area contributed by atoms with E-state index in [4.69, 9.17) is 44.3 Å². The van der Waals surface area contributed by atoms with E-state index in [0.717, 1.165) is 27.6 Å². The molecule has 3 N–H and O–H groups in total. The first-order chi connectivity index (χ1) is 17.4. The lowest BCUT2D eigenvalue weighted by molar-refractivity contribution is -0.139. The minimum atomic E-state index is -0.934. The largest absolute Gasteiger partial charge is 0.490 e. The van der Waals surface area contributed by atoms with Crippen LogP contribution in [0, 0.1) is 0 Å². The van der Waals surface area contributed by atoms with Gasteiger partial charge in [-0.2, -0.15) is 0 Å². The lowest BCUT2D eigenvalue weighted by Crippen LogP contribution is -2.38. The van der Waals surface area contributed by atoms with Crippen LogP contribution >= 0.6 is 34.8 Å². The zero-order valence-electron chi connectivity index (χ0n) is 19.5. The van der Waals surface area contributed by atoms with E-state index >= 15 is 0 Å². The second kappa shape index (κ2) is 11.9. The third-order valence-corrected chi connectivity index (χ3v) is 6.57. The molecule has 0 bridgehead atoms. The van der Waals surface area contributed by atoms with Crippen LogP contribution in [0.3, 0.4) is 0 Å².